The van der Waals surface area contributed by atoms with Gasteiger partial charge in [0.2, 0.25) is 0 Å². The van der Waals surface area contributed by atoms with Crippen molar-refractivity contribution in [1.29, 1.82) is 0 Å². The van der Waals surface area contributed by atoms with E-state index in [1.165, 1.54) is 6.42 Å². The van der Waals surface area contributed by atoms with Crippen molar-refractivity contribution in [2.45, 2.75) is 26.3 Å². The molecule has 1 aromatic heterocycles. The second-order valence-electron chi connectivity index (χ2n) is 6.83. The lowest BCUT2D eigenvalue weighted by Crippen LogP contribution is -2.39. The van der Waals surface area contributed by atoms with E-state index in [0.29, 0.717) is 35.5 Å². The molecular weight excluding hydrogens is 344 g/mol. The first kappa shape index (κ1) is 18.9. The summed E-state index contributed by atoms with van der Waals surface area (Å²) in [6.07, 6.45) is 5.36. The standard InChI is InChI=1S/C20H26N4O3/c1-14-5-4-8-24(13-14)20(25)16-11-23-19(12-21-16)22-10-15-6-7-17(26-2)18(9-15)27-3/h6-7,9,11-12,14H,4-5,8,10,13H2,1-3H3,(H,22,23). The number of piperidine rings is 1. The molecule has 1 N–H and O–H groups in total. The third-order valence-electron chi connectivity index (χ3n) is 4.74. The van der Waals surface area contributed by atoms with Gasteiger partial charge in [-0.15, -0.1) is 0 Å². The maximum atomic E-state index is 12.5. The summed E-state index contributed by atoms with van der Waals surface area (Å²) < 4.78 is 10.6. The van der Waals surface area contributed by atoms with E-state index in [0.717, 1.165) is 25.1 Å². The maximum absolute atomic E-state index is 12.5. The summed E-state index contributed by atoms with van der Waals surface area (Å²) in [5, 5.41) is 3.21. The van der Waals surface area contributed by atoms with Crippen LogP contribution in [0.25, 0.3) is 0 Å². The van der Waals surface area contributed by atoms with E-state index in [9.17, 15) is 4.79 Å². The van der Waals surface area contributed by atoms with Crippen LogP contribution in [-0.4, -0.2) is 48.1 Å². The Bertz CT molecular complexity index is 779. The average Bonchev–Trinajstić information content (AvgIpc) is 2.71. The predicted molar refractivity (Wildman–Crippen MR) is 103 cm³/mol. The second kappa shape index (κ2) is 8.70. The number of anilines is 1. The van der Waals surface area contributed by atoms with E-state index in [-0.39, 0.29) is 5.91 Å². The zero-order valence-corrected chi connectivity index (χ0v) is 16.1. The molecule has 1 fully saturated rings. The Balaban J connectivity index is 1.60. The van der Waals surface area contributed by atoms with Crippen molar-refractivity contribution >= 4 is 11.7 Å². The van der Waals surface area contributed by atoms with Gasteiger partial charge in [0.05, 0.1) is 26.6 Å². The Morgan fingerprint density at radius 2 is 2.04 bits per heavy atom. The Kier molecular flexibility index (Phi) is 6.11. The molecule has 0 aliphatic carbocycles. The summed E-state index contributed by atoms with van der Waals surface area (Å²) >= 11 is 0. The number of hydrogen-bond donors (Lipinski definition) is 1. The molecule has 2 aromatic rings. The fraction of sp³-hybridized carbons (Fsp3) is 0.450. The molecule has 1 aliphatic rings. The summed E-state index contributed by atoms with van der Waals surface area (Å²) in [5.41, 5.74) is 1.41. The molecule has 2 heterocycles. The van der Waals surface area contributed by atoms with Crippen molar-refractivity contribution in [3.8, 4) is 11.5 Å². The number of carbonyl (C=O) groups is 1. The Morgan fingerprint density at radius 3 is 2.70 bits per heavy atom. The van der Waals surface area contributed by atoms with E-state index in [4.69, 9.17) is 9.47 Å². The molecule has 7 heteroatoms. The predicted octanol–water partition coefficient (Wildman–Crippen LogP) is 2.98. The first-order valence-corrected chi connectivity index (χ1v) is 9.16. The van der Waals surface area contributed by atoms with Gasteiger partial charge in [0.15, 0.2) is 11.5 Å². The van der Waals surface area contributed by atoms with Gasteiger partial charge in [-0.3, -0.25) is 4.79 Å². The number of benzene rings is 1. The minimum Gasteiger partial charge on any atom is -0.493 e. The van der Waals surface area contributed by atoms with Crippen molar-refractivity contribution in [2.24, 2.45) is 5.92 Å². The summed E-state index contributed by atoms with van der Waals surface area (Å²) in [5.74, 6) is 2.49. The number of rotatable bonds is 6. The molecule has 1 unspecified atom stereocenters. The average molecular weight is 370 g/mol. The molecule has 1 aliphatic heterocycles. The largest absolute Gasteiger partial charge is 0.493 e. The van der Waals surface area contributed by atoms with E-state index in [1.54, 1.807) is 26.6 Å². The number of likely N-dealkylation sites (tertiary alicyclic amines) is 1. The van der Waals surface area contributed by atoms with Crippen LogP contribution in [0.1, 0.15) is 35.8 Å². The van der Waals surface area contributed by atoms with Crippen LogP contribution < -0.4 is 14.8 Å². The Hall–Kier alpha value is -2.83. The summed E-state index contributed by atoms with van der Waals surface area (Å²) in [6.45, 7) is 4.32. The van der Waals surface area contributed by atoms with Gasteiger partial charge in [0, 0.05) is 19.6 Å². The monoisotopic (exact) mass is 370 g/mol. The van der Waals surface area contributed by atoms with Gasteiger partial charge in [-0.25, -0.2) is 9.97 Å². The number of ether oxygens (including phenoxy) is 2. The molecule has 0 saturated carbocycles. The number of nitrogens with zero attached hydrogens (tertiary/aromatic N) is 3. The van der Waals surface area contributed by atoms with Gasteiger partial charge >= 0.3 is 0 Å². The van der Waals surface area contributed by atoms with Crippen molar-refractivity contribution in [1.82, 2.24) is 14.9 Å². The molecule has 0 bridgehead atoms. The van der Waals surface area contributed by atoms with Crippen molar-refractivity contribution in [3.63, 3.8) is 0 Å². The highest BCUT2D eigenvalue weighted by atomic mass is 16.5. The molecule has 7 nitrogen and oxygen atoms in total. The van der Waals surface area contributed by atoms with Gasteiger partial charge in [0.1, 0.15) is 11.5 Å². The third-order valence-corrected chi connectivity index (χ3v) is 4.74. The summed E-state index contributed by atoms with van der Waals surface area (Å²) in [6, 6.07) is 5.73. The Labute approximate surface area is 159 Å². The number of carbonyl (C=O) groups excluding carboxylic acids is 1. The van der Waals surface area contributed by atoms with Crippen LogP contribution in [0, 0.1) is 5.92 Å². The Morgan fingerprint density at radius 1 is 1.22 bits per heavy atom. The van der Waals surface area contributed by atoms with E-state index < -0.39 is 0 Å². The lowest BCUT2D eigenvalue weighted by atomic mass is 10.0. The normalized spacial score (nSPS) is 16.7. The van der Waals surface area contributed by atoms with E-state index in [2.05, 4.69) is 22.2 Å². The first-order valence-electron chi connectivity index (χ1n) is 9.16. The van der Waals surface area contributed by atoms with Crippen LogP contribution in [-0.2, 0) is 6.54 Å². The summed E-state index contributed by atoms with van der Waals surface area (Å²) in [4.78, 5) is 23.0. The highest BCUT2D eigenvalue weighted by Gasteiger charge is 2.23. The molecule has 0 radical (unpaired) electrons. The molecule has 1 saturated heterocycles. The smallest absolute Gasteiger partial charge is 0.274 e. The van der Waals surface area contributed by atoms with Crippen molar-refractivity contribution in [3.05, 3.63) is 41.9 Å². The van der Waals surface area contributed by atoms with Gasteiger partial charge < -0.3 is 19.7 Å². The maximum Gasteiger partial charge on any atom is 0.274 e. The topological polar surface area (TPSA) is 76.6 Å². The fourth-order valence-corrected chi connectivity index (χ4v) is 3.25. The lowest BCUT2D eigenvalue weighted by molar-refractivity contribution is 0.0676. The number of hydrogen-bond acceptors (Lipinski definition) is 6. The van der Waals surface area contributed by atoms with Crippen LogP contribution >= 0.6 is 0 Å². The number of nitrogens with one attached hydrogen (secondary N) is 1. The van der Waals surface area contributed by atoms with Crippen LogP contribution in [0.3, 0.4) is 0 Å². The van der Waals surface area contributed by atoms with Crippen LogP contribution in [0.15, 0.2) is 30.6 Å². The van der Waals surface area contributed by atoms with Gasteiger partial charge in [0.25, 0.3) is 5.91 Å². The first-order chi connectivity index (χ1) is 13.1. The van der Waals surface area contributed by atoms with Crippen molar-refractivity contribution < 1.29 is 14.3 Å². The minimum atomic E-state index is -0.0412. The lowest BCUT2D eigenvalue weighted by Gasteiger charge is -2.30. The zero-order chi connectivity index (χ0) is 19.2. The van der Waals surface area contributed by atoms with Gasteiger partial charge in [-0.2, -0.15) is 0 Å². The minimum absolute atomic E-state index is 0.0412. The highest BCUT2D eigenvalue weighted by molar-refractivity contribution is 5.92. The molecule has 27 heavy (non-hydrogen) atoms. The van der Waals surface area contributed by atoms with Crippen LogP contribution in [0.4, 0.5) is 5.82 Å². The van der Waals surface area contributed by atoms with Crippen LogP contribution in [0.2, 0.25) is 0 Å². The second-order valence-corrected chi connectivity index (χ2v) is 6.83. The van der Waals surface area contributed by atoms with Gasteiger partial charge in [-0.05, 0) is 36.5 Å². The van der Waals surface area contributed by atoms with E-state index >= 15 is 0 Å². The number of amides is 1. The summed E-state index contributed by atoms with van der Waals surface area (Å²) in [7, 11) is 3.22. The quantitative estimate of drug-likeness (QED) is 0.842. The highest BCUT2D eigenvalue weighted by Crippen LogP contribution is 2.27. The SMILES string of the molecule is COc1ccc(CNc2cnc(C(=O)N3CCCC(C)C3)cn2)cc1OC. The van der Waals surface area contributed by atoms with Crippen molar-refractivity contribution in [2.75, 3.05) is 32.6 Å². The van der Waals surface area contributed by atoms with E-state index in [1.807, 2.05) is 23.1 Å². The number of aromatic nitrogens is 2. The van der Waals surface area contributed by atoms with Crippen LogP contribution in [0.5, 0.6) is 11.5 Å². The molecule has 1 aromatic carbocycles. The third kappa shape index (κ3) is 4.67. The zero-order valence-electron chi connectivity index (χ0n) is 16.1. The fourth-order valence-electron chi connectivity index (χ4n) is 3.25. The number of methoxy groups -OCH3 is 2. The molecular formula is C20H26N4O3. The molecule has 144 valence electrons. The van der Waals surface area contributed by atoms with Gasteiger partial charge in [-0.1, -0.05) is 13.0 Å². The molecule has 0 spiro atoms. The molecule has 1 amide bonds. The molecule has 1 atom stereocenters. The molecule has 3 rings (SSSR count).